The van der Waals surface area contributed by atoms with E-state index in [0.29, 0.717) is 17.6 Å². The van der Waals surface area contributed by atoms with Gasteiger partial charge >= 0.3 is 0 Å². The molecule has 0 amide bonds. The summed E-state index contributed by atoms with van der Waals surface area (Å²) in [6.07, 6.45) is 3.54. The quantitative estimate of drug-likeness (QED) is 0.783. The van der Waals surface area contributed by atoms with Crippen molar-refractivity contribution in [2.45, 2.75) is 25.4 Å². The number of nitrogens with zero attached hydrogens (tertiary/aromatic N) is 1. The number of hydrogen-bond donors (Lipinski definition) is 2. The van der Waals surface area contributed by atoms with Crippen molar-refractivity contribution in [1.29, 1.82) is 0 Å². The fourth-order valence-electron chi connectivity index (χ4n) is 2.18. The minimum Gasteiger partial charge on any atom is -0.494 e. The van der Waals surface area contributed by atoms with Gasteiger partial charge in [-0.25, -0.2) is 0 Å². The summed E-state index contributed by atoms with van der Waals surface area (Å²) >= 11 is 0. The topological polar surface area (TPSA) is 62.7 Å². The SMILES string of the molecule is COc1cc(CCC2NCCCN2)ccc1N=O. The molecular formula is C13H19N3O2. The Bertz CT molecular complexity index is 403. The number of aryl methyl sites for hydroxylation is 1. The van der Waals surface area contributed by atoms with Gasteiger partial charge in [-0.2, -0.15) is 0 Å². The van der Waals surface area contributed by atoms with Gasteiger partial charge in [0.2, 0.25) is 0 Å². The van der Waals surface area contributed by atoms with Gasteiger partial charge in [0.15, 0.2) is 0 Å². The third kappa shape index (κ3) is 3.27. The second-order valence-electron chi connectivity index (χ2n) is 4.45. The minimum atomic E-state index is 0.357. The lowest BCUT2D eigenvalue weighted by molar-refractivity contribution is 0.352. The van der Waals surface area contributed by atoms with Crippen LogP contribution in [0.3, 0.4) is 0 Å². The molecule has 1 aliphatic heterocycles. The van der Waals surface area contributed by atoms with Crippen molar-refractivity contribution < 1.29 is 4.74 Å². The van der Waals surface area contributed by atoms with Gasteiger partial charge in [-0.15, -0.1) is 4.91 Å². The highest BCUT2D eigenvalue weighted by molar-refractivity contribution is 5.53. The maximum atomic E-state index is 10.6. The number of benzene rings is 1. The van der Waals surface area contributed by atoms with Crippen LogP contribution >= 0.6 is 0 Å². The number of hydrogen-bond acceptors (Lipinski definition) is 5. The van der Waals surface area contributed by atoms with Crippen molar-refractivity contribution in [2.24, 2.45) is 5.18 Å². The molecule has 1 heterocycles. The Hall–Kier alpha value is -1.46. The van der Waals surface area contributed by atoms with Gasteiger partial charge in [0.1, 0.15) is 11.4 Å². The Kier molecular flexibility index (Phi) is 4.66. The number of ether oxygens (including phenoxy) is 1. The molecule has 1 aromatic carbocycles. The molecule has 0 saturated carbocycles. The maximum Gasteiger partial charge on any atom is 0.149 e. The number of nitroso groups, excluding NO2 is 1. The van der Waals surface area contributed by atoms with E-state index in [0.717, 1.165) is 31.5 Å². The summed E-state index contributed by atoms with van der Waals surface area (Å²) in [6, 6.07) is 5.53. The van der Waals surface area contributed by atoms with Gasteiger partial charge in [0, 0.05) is 0 Å². The molecule has 5 heteroatoms. The predicted octanol–water partition coefficient (Wildman–Crippen LogP) is 1.93. The van der Waals surface area contributed by atoms with E-state index in [9.17, 15) is 4.91 Å². The molecule has 1 saturated heterocycles. The lowest BCUT2D eigenvalue weighted by Crippen LogP contribution is -2.48. The van der Waals surface area contributed by atoms with Crippen molar-refractivity contribution in [3.63, 3.8) is 0 Å². The van der Waals surface area contributed by atoms with Gasteiger partial charge in [-0.1, -0.05) is 6.07 Å². The first-order valence-corrected chi connectivity index (χ1v) is 6.30. The van der Waals surface area contributed by atoms with E-state index in [2.05, 4.69) is 15.8 Å². The van der Waals surface area contributed by atoms with Gasteiger partial charge in [-0.05, 0) is 55.2 Å². The van der Waals surface area contributed by atoms with E-state index in [-0.39, 0.29) is 0 Å². The molecule has 1 aromatic rings. The van der Waals surface area contributed by atoms with Crippen LogP contribution in [-0.2, 0) is 6.42 Å². The molecule has 5 nitrogen and oxygen atoms in total. The van der Waals surface area contributed by atoms with Crippen LogP contribution in [0.2, 0.25) is 0 Å². The molecule has 2 N–H and O–H groups in total. The second-order valence-corrected chi connectivity index (χ2v) is 4.45. The normalized spacial score (nSPS) is 16.5. The highest BCUT2D eigenvalue weighted by Gasteiger charge is 2.12. The summed E-state index contributed by atoms with van der Waals surface area (Å²) in [6.45, 7) is 2.16. The summed E-state index contributed by atoms with van der Waals surface area (Å²) in [5, 5.41) is 9.79. The van der Waals surface area contributed by atoms with E-state index < -0.39 is 0 Å². The fraction of sp³-hybridized carbons (Fsp3) is 0.538. The minimum absolute atomic E-state index is 0.357. The summed E-state index contributed by atoms with van der Waals surface area (Å²) in [7, 11) is 1.55. The standard InChI is InChI=1S/C13H19N3O2/c1-18-12-9-10(3-5-11(12)16-17)4-6-13-14-7-2-8-15-13/h3,5,9,13-15H,2,4,6-8H2,1H3. The van der Waals surface area contributed by atoms with Gasteiger partial charge in [0.05, 0.1) is 13.3 Å². The average molecular weight is 249 g/mol. The summed E-state index contributed by atoms with van der Waals surface area (Å²) in [5.74, 6) is 0.548. The smallest absolute Gasteiger partial charge is 0.149 e. The molecule has 1 aliphatic rings. The Morgan fingerprint density at radius 3 is 2.83 bits per heavy atom. The van der Waals surface area contributed by atoms with Crippen LogP contribution in [0.1, 0.15) is 18.4 Å². The predicted molar refractivity (Wildman–Crippen MR) is 71.2 cm³/mol. The summed E-state index contributed by atoms with van der Waals surface area (Å²) in [4.78, 5) is 10.6. The third-order valence-electron chi connectivity index (χ3n) is 3.20. The van der Waals surface area contributed by atoms with Crippen LogP contribution in [0.25, 0.3) is 0 Å². The Morgan fingerprint density at radius 1 is 1.39 bits per heavy atom. The highest BCUT2D eigenvalue weighted by Crippen LogP contribution is 2.28. The Labute approximate surface area is 107 Å². The van der Waals surface area contributed by atoms with Crippen molar-refractivity contribution in [2.75, 3.05) is 20.2 Å². The average Bonchev–Trinajstić information content (AvgIpc) is 2.45. The Morgan fingerprint density at radius 2 is 2.17 bits per heavy atom. The van der Waals surface area contributed by atoms with Crippen LogP contribution < -0.4 is 15.4 Å². The number of methoxy groups -OCH3 is 1. The molecule has 0 bridgehead atoms. The Balaban J connectivity index is 1.94. The molecule has 0 radical (unpaired) electrons. The maximum absolute atomic E-state index is 10.6. The zero-order valence-electron chi connectivity index (χ0n) is 10.6. The van der Waals surface area contributed by atoms with Crippen molar-refractivity contribution in [3.05, 3.63) is 28.7 Å². The molecule has 18 heavy (non-hydrogen) atoms. The third-order valence-corrected chi connectivity index (χ3v) is 3.20. The molecule has 0 aromatic heterocycles. The summed E-state index contributed by atoms with van der Waals surface area (Å²) in [5.41, 5.74) is 1.52. The molecule has 98 valence electrons. The first-order valence-electron chi connectivity index (χ1n) is 6.30. The molecule has 1 fully saturated rings. The number of nitrogens with one attached hydrogen (secondary N) is 2. The lowest BCUT2D eigenvalue weighted by atomic mass is 10.1. The van der Waals surface area contributed by atoms with E-state index >= 15 is 0 Å². The van der Waals surface area contributed by atoms with Crippen molar-refractivity contribution >= 4 is 5.69 Å². The van der Waals surface area contributed by atoms with Crippen LogP contribution in [0.4, 0.5) is 5.69 Å². The van der Waals surface area contributed by atoms with Crippen LogP contribution in [-0.4, -0.2) is 26.4 Å². The van der Waals surface area contributed by atoms with E-state index in [1.54, 1.807) is 13.2 Å². The highest BCUT2D eigenvalue weighted by atomic mass is 16.5. The second kappa shape index (κ2) is 6.47. The first kappa shape index (κ1) is 13.0. The number of rotatable bonds is 5. The first-order chi connectivity index (χ1) is 8.83. The van der Waals surface area contributed by atoms with Gasteiger partial charge in [-0.3, -0.25) is 0 Å². The molecule has 0 unspecified atom stereocenters. The monoisotopic (exact) mass is 249 g/mol. The van der Waals surface area contributed by atoms with Crippen molar-refractivity contribution in [1.82, 2.24) is 10.6 Å². The van der Waals surface area contributed by atoms with Gasteiger partial charge < -0.3 is 15.4 Å². The van der Waals surface area contributed by atoms with Crippen LogP contribution in [0.15, 0.2) is 23.4 Å². The van der Waals surface area contributed by atoms with Crippen LogP contribution in [0, 0.1) is 4.91 Å². The lowest BCUT2D eigenvalue weighted by Gasteiger charge is -2.25. The summed E-state index contributed by atoms with van der Waals surface area (Å²) < 4.78 is 5.14. The molecular weight excluding hydrogens is 230 g/mol. The molecule has 2 rings (SSSR count). The molecule has 0 aliphatic carbocycles. The van der Waals surface area contributed by atoms with Crippen LogP contribution in [0.5, 0.6) is 5.75 Å². The van der Waals surface area contributed by atoms with Gasteiger partial charge in [0.25, 0.3) is 0 Å². The molecule has 0 atom stereocenters. The zero-order chi connectivity index (χ0) is 12.8. The largest absolute Gasteiger partial charge is 0.494 e. The fourth-order valence-corrected chi connectivity index (χ4v) is 2.18. The zero-order valence-corrected chi connectivity index (χ0v) is 10.6. The van der Waals surface area contributed by atoms with E-state index in [1.165, 1.54) is 6.42 Å². The van der Waals surface area contributed by atoms with E-state index in [4.69, 9.17) is 4.74 Å². The van der Waals surface area contributed by atoms with E-state index in [1.807, 2.05) is 12.1 Å². The molecule has 0 spiro atoms. The van der Waals surface area contributed by atoms with Crippen molar-refractivity contribution in [3.8, 4) is 5.75 Å².